The maximum Gasteiger partial charge on any atom is 0.410 e. The summed E-state index contributed by atoms with van der Waals surface area (Å²) in [4.78, 5) is 24.7. The number of rotatable bonds is 3. The van der Waals surface area contributed by atoms with Crippen LogP contribution in [0.15, 0.2) is 0 Å². The van der Waals surface area contributed by atoms with Gasteiger partial charge in [-0.2, -0.15) is 0 Å². The van der Waals surface area contributed by atoms with Crippen LogP contribution in [0.5, 0.6) is 0 Å². The highest BCUT2D eigenvalue weighted by Crippen LogP contribution is 2.28. The predicted molar refractivity (Wildman–Crippen MR) is 70.4 cm³/mol. The van der Waals surface area contributed by atoms with Crippen LogP contribution in [0.4, 0.5) is 4.79 Å². The standard InChI is InChI=1S/C14H25NO3/c1-14(2,3)18-13(17)15(4)12(10-16)11-8-6-5-7-9-11/h10-12H,5-9H2,1-4H3/t12-/m1/s1. The summed E-state index contributed by atoms with van der Waals surface area (Å²) in [5.74, 6) is 0.286. The summed E-state index contributed by atoms with van der Waals surface area (Å²) in [7, 11) is 1.65. The molecule has 0 heterocycles. The van der Waals surface area contributed by atoms with Crippen LogP contribution in [-0.4, -0.2) is 36.0 Å². The molecule has 1 aliphatic rings. The van der Waals surface area contributed by atoms with Gasteiger partial charge in [0.25, 0.3) is 0 Å². The van der Waals surface area contributed by atoms with Crippen molar-refractivity contribution >= 4 is 12.4 Å². The maximum atomic E-state index is 11.9. The number of hydrogen-bond acceptors (Lipinski definition) is 3. The van der Waals surface area contributed by atoms with Gasteiger partial charge in [0.1, 0.15) is 11.9 Å². The lowest BCUT2D eigenvalue weighted by Crippen LogP contribution is -2.45. The van der Waals surface area contributed by atoms with Gasteiger partial charge in [0.15, 0.2) is 0 Å². The summed E-state index contributed by atoms with van der Waals surface area (Å²) in [6.07, 6.45) is 6.06. The highest BCUT2D eigenvalue weighted by Gasteiger charge is 2.31. The van der Waals surface area contributed by atoms with Crippen LogP contribution in [-0.2, 0) is 9.53 Å². The summed E-state index contributed by atoms with van der Waals surface area (Å²) in [5, 5.41) is 0. The number of hydrogen-bond donors (Lipinski definition) is 0. The third-order valence-electron chi connectivity index (χ3n) is 3.40. The molecule has 1 fully saturated rings. The highest BCUT2D eigenvalue weighted by atomic mass is 16.6. The Labute approximate surface area is 110 Å². The Morgan fingerprint density at radius 2 is 1.83 bits per heavy atom. The normalized spacial score (nSPS) is 19.1. The van der Waals surface area contributed by atoms with E-state index in [4.69, 9.17) is 4.74 Å². The fourth-order valence-electron chi connectivity index (χ4n) is 2.45. The third kappa shape index (κ3) is 4.31. The van der Waals surface area contributed by atoms with E-state index in [0.29, 0.717) is 0 Å². The number of nitrogens with zero attached hydrogens (tertiary/aromatic N) is 1. The number of ether oxygens (including phenoxy) is 1. The summed E-state index contributed by atoms with van der Waals surface area (Å²) in [5.41, 5.74) is -0.522. The molecule has 0 unspecified atom stereocenters. The van der Waals surface area contributed by atoms with Gasteiger partial charge in [-0.1, -0.05) is 19.3 Å². The van der Waals surface area contributed by atoms with Crippen molar-refractivity contribution in [1.29, 1.82) is 0 Å². The first-order valence-electron chi connectivity index (χ1n) is 6.76. The first-order valence-corrected chi connectivity index (χ1v) is 6.76. The van der Waals surface area contributed by atoms with E-state index in [1.165, 1.54) is 11.3 Å². The van der Waals surface area contributed by atoms with Crippen molar-refractivity contribution in [1.82, 2.24) is 4.90 Å². The van der Waals surface area contributed by atoms with Crippen molar-refractivity contribution in [2.45, 2.75) is 64.5 Å². The Morgan fingerprint density at radius 1 is 1.28 bits per heavy atom. The second-order valence-corrected chi connectivity index (χ2v) is 6.12. The van der Waals surface area contributed by atoms with E-state index in [0.717, 1.165) is 32.0 Å². The molecule has 0 aromatic rings. The minimum atomic E-state index is -0.522. The molecule has 104 valence electrons. The number of carbonyl (C=O) groups is 2. The largest absolute Gasteiger partial charge is 0.444 e. The van der Waals surface area contributed by atoms with Crippen LogP contribution in [0.2, 0.25) is 0 Å². The Hall–Kier alpha value is -1.06. The van der Waals surface area contributed by atoms with Gasteiger partial charge < -0.3 is 14.4 Å². The van der Waals surface area contributed by atoms with Crippen LogP contribution >= 0.6 is 0 Å². The summed E-state index contributed by atoms with van der Waals surface area (Å²) >= 11 is 0. The average Bonchev–Trinajstić information content (AvgIpc) is 2.29. The van der Waals surface area contributed by atoms with Crippen molar-refractivity contribution in [2.75, 3.05) is 7.05 Å². The Kier molecular flexibility index (Phi) is 5.17. The fraction of sp³-hybridized carbons (Fsp3) is 0.857. The zero-order valence-electron chi connectivity index (χ0n) is 11.9. The quantitative estimate of drug-likeness (QED) is 0.728. The minimum absolute atomic E-state index is 0.286. The molecule has 4 heteroatoms. The fourth-order valence-corrected chi connectivity index (χ4v) is 2.45. The van der Waals surface area contributed by atoms with E-state index in [1.807, 2.05) is 20.8 Å². The van der Waals surface area contributed by atoms with Crippen LogP contribution in [0.1, 0.15) is 52.9 Å². The van der Waals surface area contributed by atoms with Gasteiger partial charge in [-0.15, -0.1) is 0 Å². The molecule has 18 heavy (non-hydrogen) atoms. The van der Waals surface area contributed by atoms with Gasteiger partial charge >= 0.3 is 6.09 Å². The number of amides is 1. The molecule has 1 saturated carbocycles. The number of carbonyl (C=O) groups excluding carboxylic acids is 2. The molecule has 0 bridgehead atoms. The minimum Gasteiger partial charge on any atom is -0.444 e. The molecule has 4 nitrogen and oxygen atoms in total. The summed E-state index contributed by atoms with van der Waals surface area (Å²) in [6, 6.07) is -0.347. The SMILES string of the molecule is CN(C(=O)OC(C)(C)C)[C@H](C=O)C1CCCCC1. The monoisotopic (exact) mass is 255 g/mol. The Bertz CT molecular complexity index is 290. The molecule has 0 aromatic carbocycles. The summed E-state index contributed by atoms with van der Waals surface area (Å²) in [6.45, 7) is 5.49. The van der Waals surface area contributed by atoms with Gasteiger partial charge in [0.05, 0.1) is 6.04 Å². The molecular weight excluding hydrogens is 230 g/mol. The molecule has 1 aliphatic carbocycles. The second kappa shape index (κ2) is 6.21. The zero-order chi connectivity index (χ0) is 13.8. The van der Waals surface area contributed by atoms with Crippen molar-refractivity contribution in [3.05, 3.63) is 0 Å². The zero-order valence-corrected chi connectivity index (χ0v) is 11.9. The van der Waals surface area contributed by atoms with Crippen LogP contribution in [0, 0.1) is 5.92 Å². The van der Waals surface area contributed by atoms with Crippen LogP contribution in [0.25, 0.3) is 0 Å². The Morgan fingerprint density at radius 3 is 2.28 bits per heavy atom. The molecule has 0 aromatic heterocycles. The predicted octanol–water partition coefficient (Wildman–Crippen LogP) is 3.00. The van der Waals surface area contributed by atoms with Crippen molar-refractivity contribution in [3.63, 3.8) is 0 Å². The van der Waals surface area contributed by atoms with Gasteiger partial charge in [-0.05, 0) is 39.5 Å². The van der Waals surface area contributed by atoms with E-state index < -0.39 is 11.7 Å². The molecule has 1 rings (SSSR count). The van der Waals surface area contributed by atoms with E-state index >= 15 is 0 Å². The van der Waals surface area contributed by atoms with E-state index in [1.54, 1.807) is 7.05 Å². The van der Waals surface area contributed by atoms with Gasteiger partial charge in [0, 0.05) is 7.05 Å². The Balaban J connectivity index is 2.63. The maximum absolute atomic E-state index is 11.9. The molecule has 0 aliphatic heterocycles. The van der Waals surface area contributed by atoms with Gasteiger partial charge in [-0.3, -0.25) is 0 Å². The first-order chi connectivity index (χ1) is 8.35. The van der Waals surface area contributed by atoms with Crippen molar-refractivity contribution in [3.8, 4) is 0 Å². The van der Waals surface area contributed by atoms with Crippen molar-refractivity contribution < 1.29 is 14.3 Å². The van der Waals surface area contributed by atoms with E-state index in [9.17, 15) is 9.59 Å². The molecule has 0 spiro atoms. The number of likely N-dealkylation sites (N-methyl/N-ethyl adjacent to an activating group) is 1. The summed E-state index contributed by atoms with van der Waals surface area (Å²) < 4.78 is 5.30. The van der Waals surface area contributed by atoms with Crippen LogP contribution in [0.3, 0.4) is 0 Å². The first kappa shape index (κ1) is 15.0. The lowest BCUT2D eigenvalue weighted by molar-refractivity contribution is -0.114. The molecule has 1 atom stereocenters. The van der Waals surface area contributed by atoms with Gasteiger partial charge in [-0.25, -0.2) is 4.79 Å². The highest BCUT2D eigenvalue weighted by molar-refractivity contribution is 5.73. The average molecular weight is 255 g/mol. The van der Waals surface area contributed by atoms with Gasteiger partial charge in [0.2, 0.25) is 0 Å². The smallest absolute Gasteiger partial charge is 0.410 e. The lowest BCUT2D eigenvalue weighted by atomic mass is 9.84. The number of aldehydes is 1. The lowest BCUT2D eigenvalue weighted by Gasteiger charge is -2.34. The molecule has 0 N–H and O–H groups in total. The molecule has 0 radical (unpaired) electrons. The van der Waals surface area contributed by atoms with E-state index in [-0.39, 0.29) is 12.0 Å². The van der Waals surface area contributed by atoms with E-state index in [2.05, 4.69) is 0 Å². The molecule has 1 amide bonds. The van der Waals surface area contributed by atoms with Crippen LogP contribution < -0.4 is 0 Å². The topological polar surface area (TPSA) is 46.6 Å². The molecule has 0 saturated heterocycles. The third-order valence-corrected chi connectivity index (χ3v) is 3.40. The van der Waals surface area contributed by atoms with Crippen molar-refractivity contribution in [2.24, 2.45) is 5.92 Å². The second-order valence-electron chi connectivity index (χ2n) is 6.12. The molecular formula is C14H25NO3.